The summed E-state index contributed by atoms with van der Waals surface area (Å²) < 4.78 is 6.60. The molecule has 1 atom stereocenters. The van der Waals surface area contributed by atoms with E-state index in [1.165, 1.54) is 0 Å². The van der Waals surface area contributed by atoms with Crippen LogP contribution >= 0.6 is 28.1 Å². The normalized spacial score (nSPS) is 19.7. The highest BCUT2D eigenvalue weighted by Gasteiger charge is 2.15. The smallest absolute Gasteiger partial charge is 0.106 e. The van der Waals surface area contributed by atoms with Crippen molar-refractivity contribution in [2.45, 2.75) is 18.9 Å². The quantitative estimate of drug-likeness (QED) is 0.867. The van der Waals surface area contributed by atoms with E-state index in [1.807, 2.05) is 24.3 Å². The molecule has 16 heavy (non-hydrogen) atoms. The maximum atomic E-state index is 5.53. The lowest BCUT2D eigenvalue weighted by atomic mass is 10.2. The molecule has 2 rings (SSSR count). The molecule has 86 valence electrons. The average Bonchev–Trinajstić information content (AvgIpc) is 2.80. The van der Waals surface area contributed by atoms with E-state index in [9.17, 15) is 0 Å². The van der Waals surface area contributed by atoms with Crippen molar-refractivity contribution in [3.05, 3.63) is 34.3 Å². The fourth-order valence-electron chi connectivity index (χ4n) is 1.72. The standard InChI is InChI=1S/C12H14BrNOS/c13-10-5-3-9(4-6-10)12(16)14-8-11-2-1-7-15-11/h3-6,11H,1-2,7-8H2,(H,14,16)/t11-/m1/s1. The van der Waals surface area contributed by atoms with Gasteiger partial charge in [0.15, 0.2) is 0 Å². The van der Waals surface area contributed by atoms with Crippen molar-refractivity contribution in [1.82, 2.24) is 5.32 Å². The van der Waals surface area contributed by atoms with Gasteiger partial charge in [-0.15, -0.1) is 0 Å². The van der Waals surface area contributed by atoms with Gasteiger partial charge in [0.1, 0.15) is 4.99 Å². The zero-order valence-electron chi connectivity index (χ0n) is 8.91. The second-order valence-electron chi connectivity index (χ2n) is 3.85. The summed E-state index contributed by atoms with van der Waals surface area (Å²) in [6, 6.07) is 8.01. The Balaban J connectivity index is 1.85. The van der Waals surface area contributed by atoms with Crippen LogP contribution in [0.3, 0.4) is 0 Å². The van der Waals surface area contributed by atoms with Crippen LogP contribution in [0.5, 0.6) is 0 Å². The number of hydrogen-bond acceptors (Lipinski definition) is 2. The van der Waals surface area contributed by atoms with Crippen LogP contribution in [-0.4, -0.2) is 24.2 Å². The molecule has 1 aromatic carbocycles. The van der Waals surface area contributed by atoms with Crippen LogP contribution in [0.4, 0.5) is 0 Å². The van der Waals surface area contributed by atoms with Gasteiger partial charge in [0, 0.05) is 23.2 Å². The van der Waals surface area contributed by atoms with Gasteiger partial charge < -0.3 is 10.1 Å². The van der Waals surface area contributed by atoms with Crippen LogP contribution < -0.4 is 5.32 Å². The molecule has 2 nitrogen and oxygen atoms in total. The number of benzene rings is 1. The molecule has 1 N–H and O–H groups in total. The number of hydrogen-bond donors (Lipinski definition) is 1. The van der Waals surface area contributed by atoms with Crippen LogP contribution in [0.1, 0.15) is 18.4 Å². The number of thiocarbonyl (C=S) groups is 1. The zero-order valence-corrected chi connectivity index (χ0v) is 11.3. The van der Waals surface area contributed by atoms with Crippen LogP contribution in [-0.2, 0) is 4.74 Å². The molecule has 0 spiro atoms. The number of nitrogens with one attached hydrogen (secondary N) is 1. The summed E-state index contributed by atoms with van der Waals surface area (Å²) in [4.78, 5) is 0.794. The number of ether oxygens (including phenoxy) is 1. The Morgan fingerprint density at radius 1 is 1.44 bits per heavy atom. The predicted octanol–water partition coefficient (Wildman–Crippen LogP) is 2.89. The average molecular weight is 300 g/mol. The van der Waals surface area contributed by atoms with Crippen LogP contribution in [0.15, 0.2) is 28.7 Å². The molecule has 1 saturated heterocycles. The summed E-state index contributed by atoms with van der Waals surface area (Å²) in [5.41, 5.74) is 1.05. The van der Waals surface area contributed by atoms with Gasteiger partial charge >= 0.3 is 0 Å². The third kappa shape index (κ3) is 3.27. The SMILES string of the molecule is S=C(NC[C@H]1CCCO1)c1ccc(Br)cc1. The van der Waals surface area contributed by atoms with E-state index in [0.29, 0.717) is 6.10 Å². The highest BCUT2D eigenvalue weighted by molar-refractivity contribution is 9.10. The van der Waals surface area contributed by atoms with E-state index in [2.05, 4.69) is 21.2 Å². The first-order chi connectivity index (χ1) is 7.75. The topological polar surface area (TPSA) is 21.3 Å². The summed E-state index contributed by atoms with van der Waals surface area (Å²) in [6.45, 7) is 1.70. The summed E-state index contributed by atoms with van der Waals surface area (Å²) in [5.74, 6) is 0. The maximum absolute atomic E-state index is 5.53. The largest absolute Gasteiger partial charge is 0.376 e. The van der Waals surface area contributed by atoms with Crippen molar-refractivity contribution in [2.75, 3.05) is 13.2 Å². The van der Waals surface area contributed by atoms with E-state index in [1.54, 1.807) is 0 Å². The summed E-state index contributed by atoms with van der Waals surface area (Å²) >= 11 is 8.72. The fourth-order valence-corrected chi connectivity index (χ4v) is 2.20. The Bertz CT molecular complexity index is 360. The lowest BCUT2D eigenvalue weighted by Crippen LogP contribution is -2.31. The van der Waals surface area contributed by atoms with Gasteiger partial charge in [0.2, 0.25) is 0 Å². The van der Waals surface area contributed by atoms with E-state index in [-0.39, 0.29) is 0 Å². The van der Waals surface area contributed by atoms with Gasteiger partial charge in [0.25, 0.3) is 0 Å². The number of rotatable bonds is 3. The Morgan fingerprint density at radius 3 is 2.81 bits per heavy atom. The highest BCUT2D eigenvalue weighted by atomic mass is 79.9. The van der Waals surface area contributed by atoms with Gasteiger partial charge in [-0.25, -0.2) is 0 Å². The molecule has 0 bridgehead atoms. The lowest BCUT2D eigenvalue weighted by molar-refractivity contribution is 0.114. The van der Waals surface area contributed by atoms with Crippen molar-refractivity contribution in [2.24, 2.45) is 0 Å². The molecule has 1 aromatic rings. The Labute approximate surface area is 110 Å². The minimum Gasteiger partial charge on any atom is -0.376 e. The zero-order chi connectivity index (χ0) is 11.4. The van der Waals surface area contributed by atoms with Gasteiger partial charge in [-0.2, -0.15) is 0 Å². The summed E-state index contributed by atoms with van der Waals surface area (Å²) in [5, 5.41) is 3.25. The molecule has 1 aliphatic rings. The van der Waals surface area contributed by atoms with Crippen molar-refractivity contribution in [3.63, 3.8) is 0 Å². The molecule has 4 heteroatoms. The first-order valence-corrected chi connectivity index (χ1v) is 6.61. The second kappa shape index (κ2) is 5.75. The summed E-state index contributed by atoms with van der Waals surface area (Å²) in [6.07, 6.45) is 2.63. The van der Waals surface area contributed by atoms with Crippen molar-refractivity contribution in [1.29, 1.82) is 0 Å². The minimum absolute atomic E-state index is 0.327. The van der Waals surface area contributed by atoms with Gasteiger partial charge in [-0.1, -0.05) is 40.3 Å². The molecular weight excluding hydrogens is 286 g/mol. The Kier molecular flexibility index (Phi) is 4.32. The monoisotopic (exact) mass is 299 g/mol. The molecule has 0 unspecified atom stereocenters. The molecule has 0 aliphatic carbocycles. The van der Waals surface area contributed by atoms with Crippen LogP contribution in [0.25, 0.3) is 0 Å². The Morgan fingerprint density at radius 2 is 2.19 bits per heavy atom. The molecule has 1 fully saturated rings. The van der Waals surface area contributed by atoms with Gasteiger partial charge in [0.05, 0.1) is 6.10 Å². The van der Waals surface area contributed by atoms with Crippen molar-refractivity contribution >= 4 is 33.1 Å². The third-order valence-electron chi connectivity index (χ3n) is 2.62. The van der Waals surface area contributed by atoms with E-state index in [4.69, 9.17) is 17.0 Å². The number of halogens is 1. The first kappa shape index (κ1) is 12.0. The van der Waals surface area contributed by atoms with Crippen LogP contribution in [0, 0.1) is 0 Å². The third-order valence-corrected chi connectivity index (χ3v) is 3.53. The molecule has 0 saturated carbocycles. The minimum atomic E-state index is 0.327. The lowest BCUT2D eigenvalue weighted by Gasteiger charge is -2.12. The van der Waals surface area contributed by atoms with Gasteiger partial charge in [-0.3, -0.25) is 0 Å². The summed E-state index contributed by atoms with van der Waals surface area (Å²) in [7, 11) is 0. The highest BCUT2D eigenvalue weighted by Crippen LogP contribution is 2.12. The van der Waals surface area contributed by atoms with Crippen molar-refractivity contribution < 1.29 is 4.74 Å². The Hall–Kier alpha value is -0.450. The fraction of sp³-hybridized carbons (Fsp3) is 0.417. The maximum Gasteiger partial charge on any atom is 0.106 e. The predicted molar refractivity (Wildman–Crippen MR) is 72.8 cm³/mol. The molecule has 1 aliphatic heterocycles. The second-order valence-corrected chi connectivity index (χ2v) is 5.18. The molecule has 0 aromatic heterocycles. The molecule has 0 radical (unpaired) electrons. The van der Waals surface area contributed by atoms with E-state index in [0.717, 1.165) is 41.0 Å². The van der Waals surface area contributed by atoms with Gasteiger partial charge in [-0.05, 0) is 25.0 Å². The van der Waals surface area contributed by atoms with Crippen LogP contribution in [0.2, 0.25) is 0 Å². The van der Waals surface area contributed by atoms with E-state index >= 15 is 0 Å². The van der Waals surface area contributed by atoms with E-state index < -0.39 is 0 Å². The molecular formula is C12H14BrNOS. The molecule has 0 amide bonds. The molecule has 1 heterocycles. The van der Waals surface area contributed by atoms with Crippen molar-refractivity contribution in [3.8, 4) is 0 Å². The first-order valence-electron chi connectivity index (χ1n) is 5.41.